The van der Waals surface area contributed by atoms with Crippen LogP contribution in [-0.4, -0.2) is 42.3 Å². The molecule has 0 aliphatic carbocycles. The molecule has 0 unspecified atom stereocenters. The highest BCUT2D eigenvalue weighted by Crippen LogP contribution is 2.26. The van der Waals surface area contributed by atoms with Crippen LogP contribution in [0.5, 0.6) is 0 Å². The van der Waals surface area contributed by atoms with Gasteiger partial charge in [-0.3, -0.25) is 0 Å². The molecule has 0 amide bonds. The molecule has 0 spiro atoms. The summed E-state index contributed by atoms with van der Waals surface area (Å²) < 4.78 is 26.0. The fourth-order valence-electron chi connectivity index (χ4n) is 3.15. The van der Waals surface area contributed by atoms with Gasteiger partial charge in [0.05, 0.1) is 10.1 Å². The molecule has 1 fully saturated rings. The van der Waals surface area contributed by atoms with Crippen molar-refractivity contribution in [3.63, 3.8) is 0 Å². The minimum Gasteiger partial charge on any atom is -0.350 e. The maximum absolute atomic E-state index is 13.0. The molecule has 0 saturated carbocycles. The Kier molecular flexibility index (Phi) is 5.90. The Morgan fingerprint density at radius 3 is 2.57 bits per heavy atom. The van der Waals surface area contributed by atoms with Gasteiger partial charge in [0.15, 0.2) is 9.84 Å². The van der Waals surface area contributed by atoms with Crippen LogP contribution in [0.1, 0.15) is 39.2 Å². The number of piperidine rings is 1. The van der Waals surface area contributed by atoms with E-state index in [9.17, 15) is 8.42 Å². The van der Waals surface area contributed by atoms with E-state index in [-0.39, 0.29) is 10.8 Å². The Bertz CT molecular complexity index is 932. The quantitative estimate of drug-likeness (QED) is 0.705. The van der Waals surface area contributed by atoms with Crippen LogP contribution >= 0.6 is 0 Å². The first-order chi connectivity index (χ1) is 13.1. The van der Waals surface area contributed by atoms with Gasteiger partial charge in [0.25, 0.3) is 0 Å². The van der Waals surface area contributed by atoms with Crippen LogP contribution in [-0.2, 0) is 9.84 Å². The number of rotatable bonds is 5. The molecule has 3 N–H and O–H groups in total. The van der Waals surface area contributed by atoms with Crippen molar-refractivity contribution in [2.45, 2.75) is 56.2 Å². The zero-order chi connectivity index (χ0) is 20.4. The molecule has 1 aromatic heterocycles. The van der Waals surface area contributed by atoms with Gasteiger partial charge in [0.2, 0.25) is 5.95 Å². The van der Waals surface area contributed by atoms with E-state index < -0.39 is 9.84 Å². The van der Waals surface area contributed by atoms with Crippen LogP contribution in [0.3, 0.4) is 0 Å². The molecular weight excluding hydrogens is 374 g/mol. The number of aromatic nitrogens is 2. The first-order valence-corrected chi connectivity index (χ1v) is 11.1. The Balaban J connectivity index is 1.84. The predicted octanol–water partition coefficient (Wildman–Crippen LogP) is 3.26. The minimum atomic E-state index is -3.34. The molecule has 1 aromatic carbocycles. The highest BCUT2D eigenvalue weighted by molar-refractivity contribution is 7.92. The summed E-state index contributed by atoms with van der Waals surface area (Å²) in [5, 5.41) is 9.38. The number of sulfone groups is 1. The van der Waals surface area contributed by atoms with Crippen LogP contribution in [0.2, 0.25) is 0 Å². The molecule has 8 heteroatoms. The van der Waals surface area contributed by atoms with Gasteiger partial charge in [-0.15, -0.1) is 0 Å². The number of hydrogen-bond acceptors (Lipinski definition) is 7. The summed E-state index contributed by atoms with van der Waals surface area (Å²) in [5.41, 5.74) is 1.42. The van der Waals surface area contributed by atoms with Gasteiger partial charge in [-0.2, -0.15) is 4.98 Å². The normalized spacial score (nSPS) is 16.0. The third-order valence-electron chi connectivity index (χ3n) is 4.61. The largest absolute Gasteiger partial charge is 0.350 e. The fourth-order valence-corrected chi connectivity index (χ4v) is 4.95. The van der Waals surface area contributed by atoms with Crippen molar-refractivity contribution in [2.75, 3.05) is 23.7 Å². The molecule has 0 bridgehead atoms. The van der Waals surface area contributed by atoms with Gasteiger partial charge >= 0.3 is 0 Å². The van der Waals surface area contributed by atoms with Crippen molar-refractivity contribution in [1.82, 2.24) is 15.3 Å². The summed E-state index contributed by atoms with van der Waals surface area (Å²) in [6.07, 6.45) is 3.04. The van der Waals surface area contributed by atoms with Gasteiger partial charge in [-0.1, -0.05) is 6.07 Å². The van der Waals surface area contributed by atoms with Crippen molar-refractivity contribution < 1.29 is 8.42 Å². The maximum Gasteiger partial charge on any atom is 0.225 e. The number of hydrogen-bond donors (Lipinski definition) is 3. The minimum absolute atomic E-state index is 0.157. The van der Waals surface area contributed by atoms with E-state index in [1.54, 1.807) is 24.4 Å². The first-order valence-electron chi connectivity index (χ1n) is 9.59. The smallest absolute Gasteiger partial charge is 0.225 e. The van der Waals surface area contributed by atoms with Crippen LogP contribution in [0, 0.1) is 6.92 Å². The SMILES string of the molecule is Cc1cnc(NC(C)(C)C)nc1Nc1cccc(S(=O)(=O)C2CCNCC2)c1. The van der Waals surface area contributed by atoms with E-state index in [1.807, 2.05) is 33.8 Å². The first kappa shape index (κ1) is 20.5. The lowest BCUT2D eigenvalue weighted by atomic mass is 10.1. The second-order valence-corrected chi connectivity index (χ2v) is 10.5. The lowest BCUT2D eigenvalue weighted by Crippen LogP contribution is -2.35. The topological polar surface area (TPSA) is 96.0 Å². The predicted molar refractivity (Wildman–Crippen MR) is 113 cm³/mol. The summed E-state index contributed by atoms with van der Waals surface area (Å²) in [5.74, 6) is 1.18. The van der Waals surface area contributed by atoms with Crippen LogP contribution in [0.4, 0.5) is 17.5 Å². The zero-order valence-corrected chi connectivity index (χ0v) is 17.7. The number of anilines is 3. The molecule has 1 saturated heterocycles. The average molecular weight is 404 g/mol. The van der Waals surface area contributed by atoms with Crippen molar-refractivity contribution in [2.24, 2.45) is 0 Å². The standard InChI is InChI=1S/C20H29N5O2S/c1-14-13-22-19(25-20(2,3)4)24-18(14)23-15-6-5-7-17(12-15)28(26,27)16-8-10-21-11-9-16/h5-7,12-13,16,21H,8-11H2,1-4H3,(H2,22,23,24,25). The van der Waals surface area contributed by atoms with E-state index in [2.05, 4.69) is 25.9 Å². The van der Waals surface area contributed by atoms with Crippen molar-refractivity contribution in [3.05, 3.63) is 36.0 Å². The Morgan fingerprint density at radius 2 is 1.89 bits per heavy atom. The molecule has 2 aromatic rings. The van der Waals surface area contributed by atoms with E-state index in [0.717, 1.165) is 18.7 Å². The van der Waals surface area contributed by atoms with E-state index in [0.29, 0.717) is 35.2 Å². The highest BCUT2D eigenvalue weighted by atomic mass is 32.2. The van der Waals surface area contributed by atoms with Crippen LogP contribution < -0.4 is 16.0 Å². The van der Waals surface area contributed by atoms with Crippen LogP contribution in [0.15, 0.2) is 35.4 Å². The fraction of sp³-hybridized carbons (Fsp3) is 0.500. The molecule has 0 radical (unpaired) electrons. The van der Waals surface area contributed by atoms with Crippen molar-refractivity contribution in [1.29, 1.82) is 0 Å². The number of nitrogens with one attached hydrogen (secondary N) is 3. The summed E-state index contributed by atoms with van der Waals surface area (Å²) >= 11 is 0. The van der Waals surface area contributed by atoms with Crippen molar-refractivity contribution in [3.8, 4) is 0 Å². The highest BCUT2D eigenvalue weighted by Gasteiger charge is 2.29. The lowest BCUT2D eigenvalue weighted by Gasteiger charge is -2.23. The third-order valence-corrected chi connectivity index (χ3v) is 6.87. The molecule has 28 heavy (non-hydrogen) atoms. The van der Waals surface area contributed by atoms with E-state index >= 15 is 0 Å². The van der Waals surface area contributed by atoms with Crippen LogP contribution in [0.25, 0.3) is 0 Å². The monoisotopic (exact) mass is 403 g/mol. The number of aryl methyl sites for hydroxylation is 1. The molecule has 7 nitrogen and oxygen atoms in total. The molecule has 152 valence electrons. The van der Waals surface area contributed by atoms with Gasteiger partial charge in [-0.05, 0) is 71.8 Å². The Hall–Kier alpha value is -2.19. The summed E-state index contributed by atoms with van der Waals surface area (Å²) in [4.78, 5) is 9.21. The molecule has 2 heterocycles. The molecule has 3 rings (SSSR count). The Labute approximate surface area is 167 Å². The average Bonchev–Trinajstić information content (AvgIpc) is 2.64. The molecule has 0 atom stereocenters. The second-order valence-electron chi connectivity index (χ2n) is 8.25. The Morgan fingerprint density at radius 1 is 1.18 bits per heavy atom. The molecular formula is C20H29N5O2S. The van der Waals surface area contributed by atoms with E-state index in [1.165, 1.54) is 0 Å². The third kappa shape index (κ3) is 4.99. The molecule has 1 aliphatic heterocycles. The second kappa shape index (κ2) is 8.05. The lowest BCUT2D eigenvalue weighted by molar-refractivity contribution is 0.496. The van der Waals surface area contributed by atoms with Gasteiger partial charge in [0.1, 0.15) is 5.82 Å². The van der Waals surface area contributed by atoms with E-state index in [4.69, 9.17) is 0 Å². The number of benzene rings is 1. The van der Waals surface area contributed by atoms with Gasteiger partial charge in [-0.25, -0.2) is 13.4 Å². The van der Waals surface area contributed by atoms with Gasteiger partial charge < -0.3 is 16.0 Å². The zero-order valence-electron chi connectivity index (χ0n) is 16.9. The maximum atomic E-state index is 13.0. The van der Waals surface area contributed by atoms with Crippen molar-refractivity contribution >= 4 is 27.3 Å². The number of nitrogens with zero attached hydrogens (tertiary/aromatic N) is 2. The molecule has 1 aliphatic rings. The summed E-state index contributed by atoms with van der Waals surface area (Å²) in [6, 6.07) is 6.97. The summed E-state index contributed by atoms with van der Waals surface area (Å²) in [7, 11) is -3.34. The summed E-state index contributed by atoms with van der Waals surface area (Å²) in [6.45, 7) is 9.52. The van der Waals surface area contributed by atoms with Gasteiger partial charge in [0, 0.05) is 23.0 Å².